The van der Waals surface area contributed by atoms with Crippen LogP contribution in [0.1, 0.15) is 42.7 Å². The van der Waals surface area contributed by atoms with Crippen molar-refractivity contribution in [2.24, 2.45) is 5.92 Å². The van der Waals surface area contributed by atoms with Crippen molar-refractivity contribution in [1.29, 1.82) is 0 Å². The van der Waals surface area contributed by atoms with Crippen LogP contribution in [0.25, 0.3) is 11.4 Å². The third-order valence-electron chi connectivity index (χ3n) is 6.91. The normalized spacial score (nSPS) is 18.5. The average molecular weight is 552 g/mol. The van der Waals surface area contributed by atoms with Gasteiger partial charge in [0.05, 0.1) is 12.5 Å². The molecule has 1 aromatic heterocycles. The molecule has 8 nitrogen and oxygen atoms in total. The maximum atomic E-state index is 13.0. The van der Waals surface area contributed by atoms with Crippen molar-refractivity contribution in [3.63, 3.8) is 0 Å². The number of aromatic nitrogens is 2. The zero-order valence-corrected chi connectivity index (χ0v) is 21.7. The number of likely N-dealkylation sites (tertiary alicyclic amines) is 2. The second-order valence-electron chi connectivity index (χ2n) is 9.50. The standard InChI is InChI=1S/C27H30BrN5O3/c28-23-11-9-19(10-12-23)26-30-24(36-31-26)18-32-13-3-7-22(16-32)27(35)29-15-20-5-1-2-6-21(20)17-33-14-4-8-25(33)34/h1-2,5-6,9-12,22H,3-4,7-8,13-18H2,(H,29,35). The molecule has 2 amide bonds. The van der Waals surface area contributed by atoms with Gasteiger partial charge in [0, 0.05) is 42.6 Å². The summed E-state index contributed by atoms with van der Waals surface area (Å²) in [7, 11) is 0. The van der Waals surface area contributed by atoms with E-state index in [1.165, 1.54) is 0 Å². The minimum atomic E-state index is -0.0834. The first-order valence-electron chi connectivity index (χ1n) is 12.5. The van der Waals surface area contributed by atoms with Crippen molar-refractivity contribution in [2.75, 3.05) is 19.6 Å². The SMILES string of the molecule is O=C(NCc1ccccc1CN1CCCC1=O)C1CCCN(Cc2nc(-c3ccc(Br)cc3)no2)C1. The zero-order valence-electron chi connectivity index (χ0n) is 20.2. The molecule has 0 aliphatic carbocycles. The Labute approximate surface area is 219 Å². The molecule has 0 spiro atoms. The Hall–Kier alpha value is -3.04. The van der Waals surface area contributed by atoms with Gasteiger partial charge < -0.3 is 14.7 Å². The Morgan fingerprint density at radius 3 is 2.64 bits per heavy atom. The molecule has 3 aromatic rings. The number of rotatable bonds is 8. The number of amides is 2. The van der Waals surface area contributed by atoms with E-state index in [1.54, 1.807) is 0 Å². The Bertz CT molecular complexity index is 1210. The van der Waals surface area contributed by atoms with E-state index in [-0.39, 0.29) is 17.7 Å². The van der Waals surface area contributed by atoms with E-state index >= 15 is 0 Å². The summed E-state index contributed by atoms with van der Waals surface area (Å²) in [6.07, 6.45) is 3.36. The van der Waals surface area contributed by atoms with Gasteiger partial charge >= 0.3 is 0 Å². The van der Waals surface area contributed by atoms with E-state index in [4.69, 9.17) is 4.52 Å². The number of halogens is 1. The van der Waals surface area contributed by atoms with Gasteiger partial charge in [-0.05, 0) is 61.2 Å². The first-order valence-corrected chi connectivity index (χ1v) is 13.3. The van der Waals surface area contributed by atoms with E-state index in [0.717, 1.165) is 53.5 Å². The summed E-state index contributed by atoms with van der Waals surface area (Å²) in [6.45, 7) is 3.96. The highest BCUT2D eigenvalue weighted by Crippen LogP contribution is 2.22. The van der Waals surface area contributed by atoms with Crippen LogP contribution in [0.3, 0.4) is 0 Å². The van der Waals surface area contributed by atoms with Gasteiger partial charge in [0.15, 0.2) is 0 Å². The molecule has 0 saturated carbocycles. The maximum absolute atomic E-state index is 13.0. The van der Waals surface area contributed by atoms with E-state index in [1.807, 2.05) is 53.4 Å². The molecule has 3 heterocycles. The second-order valence-corrected chi connectivity index (χ2v) is 10.4. The lowest BCUT2D eigenvalue weighted by molar-refractivity contribution is -0.128. The monoisotopic (exact) mass is 551 g/mol. The Kier molecular flexibility index (Phi) is 7.77. The van der Waals surface area contributed by atoms with E-state index < -0.39 is 0 Å². The molecule has 2 saturated heterocycles. The van der Waals surface area contributed by atoms with Gasteiger partial charge in [-0.1, -0.05) is 45.4 Å². The molecular weight excluding hydrogens is 522 g/mol. The smallest absolute Gasteiger partial charge is 0.241 e. The van der Waals surface area contributed by atoms with Crippen LogP contribution in [0, 0.1) is 5.92 Å². The first-order chi connectivity index (χ1) is 17.5. The van der Waals surface area contributed by atoms with Crippen LogP contribution in [-0.2, 0) is 29.2 Å². The van der Waals surface area contributed by atoms with Crippen molar-refractivity contribution in [1.82, 2.24) is 25.3 Å². The van der Waals surface area contributed by atoms with Crippen molar-refractivity contribution in [3.8, 4) is 11.4 Å². The van der Waals surface area contributed by atoms with Crippen molar-refractivity contribution in [3.05, 3.63) is 70.0 Å². The fraction of sp³-hybridized carbons (Fsp3) is 0.407. The molecule has 188 valence electrons. The number of piperidine rings is 1. The van der Waals surface area contributed by atoms with E-state index in [0.29, 0.717) is 44.3 Å². The zero-order chi connectivity index (χ0) is 24.9. The summed E-state index contributed by atoms with van der Waals surface area (Å²) >= 11 is 3.44. The molecule has 1 atom stereocenters. The van der Waals surface area contributed by atoms with Crippen LogP contribution < -0.4 is 5.32 Å². The molecular formula is C27H30BrN5O3. The molecule has 2 fully saturated rings. The average Bonchev–Trinajstić information content (AvgIpc) is 3.53. The molecule has 0 bridgehead atoms. The number of nitrogens with one attached hydrogen (secondary N) is 1. The number of carbonyl (C=O) groups is 2. The Morgan fingerprint density at radius 1 is 1.06 bits per heavy atom. The molecule has 5 rings (SSSR count). The molecule has 2 aromatic carbocycles. The van der Waals surface area contributed by atoms with Gasteiger partial charge in [0.2, 0.25) is 23.5 Å². The number of nitrogens with zero attached hydrogens (tertiary/aromatic N) is 4. The van der Waals surface area contributed by atoms with Crippen LogP contribution in [0.4, 0.5) is 0 Å². The number of benzene rings is 2. The largest absolute Gasteiger partial charge is 0.352 e. The predicted molar refractivity (Wildman–Crippen MR) is 138 cm³/mol. The molecule has 1 N–H and O–H groups in total. The minimum Gasteiger partial charge on any atom is -0.352 e. The van der Waals surface area contributed by atoms with Crippen molar-refractivity contribution in [2.45, 2.75) is 45.3 Å². The van der Waals surface area contributed by atoms with Crippen LogP contribution in [-0.4, -0.2) is 51.4 Å². The van der Waals surface area contributed by atoms with Crippen LogP contribution in [0.15, 0.2) is 57.5 Å². The number of hydrogen-bond donors (Lipinski definition) is 1. The molecule has 9 heteroatoms. The Morgan fingerprint density at radius 2 is 1.86 bits per heavy atom. The summed E-state index contributed by atoms with van der Waals surface area (Å²) in [4.78, 5) is 33.7. The van der Waals surface area contributed by atoms with Crippen molar-refractivity contribution >= 4 is 27.7 Å². The molecule has 36 heavy (non-hydrogen) atoms. The number of carbonyl (C=O) groups excluding carboxylic acids is 2. The quantitative estimate of drug-likeness (QED) is 0.452. The number of hydrogen-bond acceptors (Lipinski definition) is 6. The van der Waals surface area contributed by atoms with Gasteiger partial charge in [-0.2, -0.15) is 4.98 Å². The van der Waals surface area contributed by atoms with Gasteiger partial charge in [-0.3, -0.25) is 14.5 Å². The van der Waals surface area contributed by atoms with Gasteiger partial charge in [0.1, 0.15) is 0 Å². The third-order valence-corrected chi connectivity index (χ3v) is 7.44. The minimum absolute atomic E-state index is 0.0628. The summed E-state index contributed by atoms with van der Waals surface area (Å²) in [5.41, 5.74) is 3.05. The first kappa shape index (κ1) is 24.6. The van der Waals surface area contributed by atoms with Gasteiger partial charge in [-0.15, -0.1) is 0 Å². The third kappa shape index (κ3) is 6.02. The van der Waals surface area contributed by atoms with Crippen LogP contribution in [0.2, 0.25) is 0 Å². The summed E-state index contributed by atoms with van der Waals surface area (Å²) < 4.78 is 6.48. The van der Waals surface area contributed by atoms with Crippen LogP contribution in [0.5, 0.6) is 0 Å². The Balaban J connectivity index is 1.15. The fourth-order valence-electron chi connectivity index (χ4n) is 4.93. The highest BCUT2D eigenvalue weighted by Gasteiger charge is 2.27. The van der Waals surface area contributed by atoms with Gasteiger partial charge in [-0.25, -0.2) is 0 Å². The second kappa shape index (κ2) is 11.3. The summed E-state index contributed by atoms with van der Waals surface area (Å²) in [5, 5.41) is 7.25. The predicted octanol–water partition coefficient (Wildman–Crippen LogP) is 4.15. The van der Waals surface area contributed by atoms with Crippen LogP contribution >= 0.6 is 15.9 Å². The lowest BCUT2D eigenvalue weighted by atomic mass is 9.97. The lowest BCUT2D eigenvalue weighted by Crippen LogP contribution is -2.42. The molecule has 2 aliphatic heterocycles. The van der Waals surface area contributed by atoms with E-state index in [2.05, 4.69) is 36.3 Å². The molecule has 0 radical (unpaired) electrons. The maximum Gasteiger partial charge on any atom is 0.241 e. The van der Waals surface area contributed by atoms with Gasteiger partial charge in [0.25, 0.3) is 0 Å². The molecule has 1 unspecified atom stereocenters. The van der Waals surface area contributed by atoms with E-state index in [9.17, 15) is 9.59 Å². The summed E-state index contributed by atoms with van der Waals surface area (Å²) in [5.74, 6) is 1.31. The topological polar surface area (TPSA) is 91.6 Å². The lowest BCUT2D eigenvalue weighted by Gasteiger charge is -2.31. The van der Waals surface area contributed by atoms with Crippen molar-refractivity contribution < 1.29 is 14.1 Å². The summed E-state index contributed by atoms with van der Waals surface area (Å²) in [6, 6.07) is 15.8. The highest BCUT2D eigenvalue weighted by atomic mass is 79.9. The fourth-order valence-corrected chi connectivity index (χ4v) is 5.19. The highest BCUT2D eigenvalue weighted by molar-refractivity contribution is 9.10. The molecule has 2 aliphatic rings.